The summed E-state index contributed by atoms with van der Waals surface area (Å²) in [5.41, 5.74) is 3.27. The molecule has 1 saturated heterocycles. The molecule has 2 aromatic rings. The largest absolute Gasteiger partial charge is 0.354 e. The molecule has 3 heterocycles. The van der Waals surface area contributed by atoms with Crippen LogP contribution >= 0.6 is 0 Å². The van der Waals surface area contributed by atoms with Crippen LogP contribution < -0.4 is 10.2 Å². The lowest BCUT2D eigenvalue weighted by atomic mass is 9.95. The minimum absolute atomic E-state index is 0.0708. The van der Waals surface area contributed by atoms with Crippen molar-refractivity contribution in [1.82, 2.24) is 25.1 Å². The molecule has 33 heavy (non-hydrogen) atoms. The molecule has 1 N–H and O–H groups in total. The second-order valence-corrected chi connectivity index (χ2v) is 9.54. The quantitative estimate of drug-likeness (QED) is 0.773. The number of nitrogens with one attached hydrogen (secondary N) is 1. The van der Waals surface area contributed by atoms with Crippen molar-refractivity contribution in [2.24, 2.45) is 0 Å². The molecule has 3 aliphatic rings. The molecule has 0 radical (unpaired) electrons. The molecule has 1 aromatic carbocycles. The van der Waals surface area contributed by atoms with Crippen LogP contribution in [0.1, 0.15) is 50.3 Å². The topological polar surface area (TPSA) is 64.6 Å². The molecule has 7 nitrogen and oxygen atoms in total. The number of anilines is 1. The molecule has 2 aliphatic heterocycles. The number of hydrogen-bond acceptors (Lipinski definition) is 5. The maximum absolute atomic E-state index is 13.1. The van der Waals surface area contributed by atoms with Crippen molar-refractivity contribution in [2.75, 3.05) is 44.2 Å². The number of rotatable bonds is 4. The molecule has 2 amide bonds. The summed E-state index contributed by atoms with van der Waals surface area (Å²) in [5.74, 6) is 1.81. The van der Waals surface area contributed by atoms with Gasteiger partial charge >= 0.3 is 6.03 Å². The molecule has 0 spiro atoms. The van der Waals surface area contributed by atoms with Crippen molar-refractivity contribution in [2.45, 2.75) is 58.0 Å². The Kier molecular flexibility index (Phi) is 6.76. The number of urea groups is 1. The number of carbonyl (C=O) groups excluding carboxylic acids is 1. The van der Waals surface area contributed by atoms with Crippen LogP contribution in [0.4, 0.5) is 10.6 Å². The van der Waals surface area contributed by atoms with Gasteiger partial charge in [0, 0.05) is 56.3 Å². The van der Waals surface area contributed by atoms with E-state index >= 15 is 0 Å². The van der Waals surface area contributed by atoms with Crippen molar-refractivity contribution in [3.8, 4) is 11.4 Å². The van der Waals surface area contributed by atoms with E-state index in [0.29, 0.717) is 19.1 Å². The monoisotopic (exact) mass is 448 g/mol. The molecule has 0 unspecified atom stereocenters. The summed E-state index contributed by atoms with van der Waals surface area (Å²) in [4.78, 5) is 30.0. The van der Waals surface area contributed by atoms with Crippen LogP contribution in [0.2, 0.25) is 0 Å². The lowest BCUT2D eigenvalue weighted by Gasteiger charge is -2.38. The van der Waals surface area contributed by atoms with E-state index < -0.39 is 0 Å². The Morgan fingerprint density at radius 2 is 1.76 bits per heavy atom. The van der Waals surface area contributed by atoms with Gasteiger partial charge in [0.05, 0.1) is 12.2 Å². The molecule has 0 bridgehead atoms. The zero-order valence-electron chi connectivity index (χ0n) is 19.8. The maximum Gasteiger partial charge on any atom is 0.317 e. The molecule has 176 valence electrons. The molecule has 2 fully saturated rings. The van der Waals surface area contributed by atoms with E-state index in [-0.39, 0.29) is 6.03 Å². The molecule has 5 rings (SSSR count). The third-order valence-electron chi connectivity index (χ3n) is 7.41. The van der Waals surface area contributed by atoms with Crippen molar-refractivity contribution in [3.63, 3.8) is 0 Å². The number of likely N-dealkylation sites (N-methyl/N-ethyl adjacent to an activating group) is 1. The Balaban J connectivity index is 1.41. The molecular formula is C26H36N6O. The van der Waals surface area contributed by atoms with Gasteiger partial charge in [-0.05, 0) is 19.4 Å². The van der Waals surface area contributed by atoms with Crippen LogP contribution in [0.15, 0.2) is 30.3 Å². The van der Waals surface area contributed by atoms with Gasteiger partial charge in [-0.15, -0.1) is 0 Å². The Labute approximate surface area is 197 Å². The first-order valence-corrected chi connectivity index (χ1v) is 12.7. The first-order valence-electron chi connectivity index (χ1n) is 12.7. The summed E-state index contributed by atoms with van der Waals surface area (Å²) < 4.78 is 0. The van der Waals surface area contributed by atoms with E-state index in [1.165, 1.54) is 19.3 Å². The number of benzene rings is 1. The van der Waals surface area contributed by atoms with Gasteiger partial charge in [-0.2, -0.15) is 0 Å². The van der Waals surface area contributed by atoms with E-state index in [1.54, 1.807) is 0 Å². The minimum Gasteiger partial charge on any atom is -0.354 e. The third kappa shape index (κ3) is 4.98. The number of carbonyl (C=O) groups is 1. The molecule has 1 aromatic heterocycles. The van der Waals surface area contributed by atoms with Crippen molar-refractivity contribution in [1.29, 1.82) is 0 Å². The van der Waals surface area contributed by atoms with Crippen molar-refractivity contribution in [3.05, 3.63) is 41.6 Å². The van der Waals surface area contributed by atoms with Crippen molar-refractivity contribution < 1.29 is 4.79 Å². The summed E-state index contributed by atoms with van der Waals surface area (Å²) >= 11 is 0. The lowest BCUT2D eigenvalue weighted by molar-refractivity contribution is 0.184. The molecule has 0 atom stereocenters. The third-order valence-corrected chi connectivity index (χ3v) is 7.41. The average Bonchev–Trinajstić information content (AvgIpc) is 2.89. The van der Waals surface area contributed by atoms with E-state index in [2.05, 4.69) is 34.2 Å². The summed E-state index contributed by atoms with van der Waals surface area (Å²) in [6, 6.07) is 10.6. The summed E-state index contributed by atoms with van der Waals surface area (Å²) in [6.07, 6.45) is 6.71. The second kappa shape index (κ2) is 10.1. The number of aromatic nitrogens is 2. The van der Waals surface area contributed by atoms with Gasteiger partial charge < -0.3 is 20.0 Å². The maximum atomic E-state index is 13.1. The predicted molar refractivity (Wildman–Crippen MR) is 131 cm³/mol. The highest BCUT2D eigenvalue weighted by Gasteiger charge is 2.30. The van der Waals surface area contributed by atoms with Gasteiger partial charge in [0.2, 0.25) is 0 Å². The first kappa shape index (κ1) is 22.1. The van der Waals surface area contributed by atoms with Crippen LogP contribution in [0.3, 0.4) is 0 Å². The number of hydrogen-bond donors (Lipinski definition) is 1. The molecule has 7 heteroatoms. The van der Waals surface area contributed by atoms with Crippen LogP contribution in [0, 0.1) is 0 Å². The highest BCUT2D eigenvalue weighted by molar-refractivity contribution is 5.75. The molecule has 1 aliphatic carbocycles. The second-order valence-electron chi connectivity index (χ2n) is 9.54. The van der Waals surface area contributed by atoms with E-state index in [1.807, 2.05) is 23.1 Å². The van der Waals surface area contributed by atoms with Gasteiger partial charge in [0.15, 0.2) is 5.82 Å². The Morgan fingerprint density at radius 3 is 2.48 bits per heavy atom. The SMILES string of the molecule is CCN1CCN(c2nc(-c3ccccc3)nc3c2CN(C(=O)NC2CCCCC2)CC3)CC1. The smallest absolute Gasteiger partial charge is 0.317 e. The fourth-order valence-electron chi connectivity index (χ4n) is 5.34. The number of amides is 2. The number of nitrogens with zero attached hydrogens (tertiary/aromatic N) is 5. The van der Waals surface area contributed by atoms with E-state index in [0.717, 1.165) is 80.4 Å². The first-order chi connectivity index (χ1) is 16.2. The van der Waals surface area contributed by atoms with Gasteiger partial charge in [-0.1, -0.05) is 56.5 Å². The fraction of sp³-hybridized carbons (Fsp3) is 0.577. The number of piperazine rings is 1. The standard InChI is InChI=1S/C26H36N6O/c1-2-30-15-17-31(18-16-30)25-22-19-32(26(33)27-21-11-7-4-8-12-21)14-13-23(22)28-24(29-25)20-9-5-3-6-10-20/h3,5-6,9-10,21H,2,4,7-8,11-19H2,1H3,(H,27,33). The van der Waals surface area contributed by atoms with Crippen LogP contribution in [-0.4, -0.2) is 71.1 Å². The van der Waals surface area contributed by atoms with Gasteiger partial charge in [0.25, 0.3) is 0 Å². The van der Waals surface area contributed by atoms with Gasteiger partial charge in [-0.25, -0.2) is 14.8 Å². The number of fused-ring (bicyclic) bond motifs is 1. The highest BCUT2D eigenvalue weighted by atomic mass is 16.2. The Hall–Kier alpha value is -2.67. The predicted octanol–water partition coefficient (Wildman–Crippen LogP) is 3.69. The summed E-state index contributed by atoms with van der Waals surface area (Å²) in [5, 5.41) is 3.29. The van der Waals surface area contributed by atoms with Crippen LogP contribution in [-0.2, 0) is 13.0 Å². The van der Waals surface area contributed by atoms with Crippen LogP contribution in [0.25, 0.3) is 11.4 Å². The normalized spacial score (nSPS) is 19.9. The summed E-state index contributed by atoms with van der Waals surface area (Å²) in [7, 11) is 0. The van der Waals surface area contributed by atoms with Gasteiger partial charge in [0.1, 0.15) is 5.82 Å². The molecule has 1 saturated carbocycles. The van der Waals surface area contributed by atoms with Crippen LogP contribution in [0.5, 0.6) is 0 Å². The zero-order chi connectivity index (χ0) is 22.6. The van der Waals surface area contributed by atoms with E-state index in [9.17, 15) is 4.79 Å². The highest BCUT2D eigenvalue weighted by Crippen LogP contribution is 2.30. The van der Waals surface area contributed by atoms with Crippen molar-refractivity contribution >= 4 is 11.8 Å². The summed E-state index contributed by atoms with van der Waals surface area (Å²) in [6.45, 7) is 8.61. The fourth-order valence-corrected chi connectivity index (χ4v) is 5.34. The Bertz CT molecular complexity index is 951. The van der Waals surface area contributed by atoms with E-state index in [4.69, 9.17) is 9.97 Å². The zero-order valence-corrected chi connectivity index (χ0v) is 19.8. The molecular weight excluding hydrogens is 412 g/mol. The minimum atomic E-state index is 0.0708. The van der Waals surface area contributed by atoms with Gasteiger partial charge in [-0.3, -0.25) is 0 Å². The lowest BCUT2D eigenvalue weighted by Crippen LogP contribution is -2.49. The average molecular weight is 449 g/mol. The Morgan fingerprint density at radius 1 is 1.00 bits per heavy atom.